The van der Waals surface area contributed by atoms with E-state index in [-0.39, 0.29) is 0 Å². The Bertz CT molecular complexity index is 585. The molecular formula is C19H24O2. The number of ether oxygens (including phenoxy) is 2. The number of aryl methyl sites for hydroxylation is 1. The van der Waals surface area contributed by atoms with Crippen LogP contribution in [-0.2, 0) is 13.0 Å². The van der Waals surface area contributed by atoms with Gasteiger partial charge in [-0.2, -0.15) is 0 Å². The average Bonchev–Trinajstić information content (AvgIpc) is 2.52. The molecule has 2 rings (SSSR count). The summed E-state index contributed by atoms with van der Waals surface area (Å²) in [5.74, 6) is 1.87. The van der Waals surface area contributed by atoms with Gasteiger partial charge in [0.1, 0.15) is 18.1 Å². The average molecular weight is 284 g/mol. The molecule has 2 aromatic carbocycles. The van der Waals surface area contributed by atoms with E-state index in [1.807, 2.05) is 19.1 Å². The third-order valence-electron chi connectivity index (χ3n) is 3.81. The molecule has 0 aromatic heterocycles. The quantitative estimate of drug-likeness (QED) is 0.755. The van der Waals surface area contributed by atoms with Crippen molar-refractivity contribution in [2.45, 2.75) is 40.7 Å². The smallest absolute Gasteiger partial charge is 0.123 e. The van der Waals surface area contributed by atoms with Crippen LogP contribution >= 0.6 is 0 Å². The van der Waals surface area contributed by atoms with Crippen LogP contribution in [0.25, 0.3) is 0 Å². The molecule has 0 aliphatic heterocycles. The third kappa shape index (κ3) is 3.78. The molecule has 0 atom stereocenters. The first-order valence-corrected chi connectivity index (χ1v) is 7.59. The minimum Gasteiger partial charge on any atom is -0.494 e. The molecule has 0 bridgehead atoms. The Kier molecular flexibility index (Phi) is 5.26. The normalized spacial score (nSPS) is 10.5. The SMILES string of the molecule is CCOc1ccc(OCc2ccc(CC)cc2)c(C)c1C. The van der Waals surface area contributed by atoms with E-state index in [0.717, 1.165) is 29.0 Å². The minimum absolute atomic E-state index is 0.595. The summed E-state index contributed by atoms with van der Waals surface area (Å²) >= 11 is 0. The molecule has 112 valence electrons. The van der Waals surface area contributed by atoms with Crippen LogP contribution in [0.4, 0.5) is 0 Å². The first-order chi connectivity index (χ1) is 10.2. The Morgan fingerprint density at radius 3 is 1.76 bits per heavy atom. The van der Waals surface area contributed by atoms with Crippen molar-refractivity contribution < 1.29 is 9.47 Å². The molecule has 0 saturated carbocycles. The molecule has 2 nitrogen and oxygen atoms in total. The fourth-order valence-electron chi connectivity index (χ4n) is 2.27. The molecule has 0 heterocycles. The molecule has 0 radical (unpaired) electrons. The van der Waals surface area contributed by atoms with Crippen molar-refractivity contribution >= 4 is 0 Å². The molecule has 0 fully saturated rings. The second-order valence-corrected chi connectivity index (χ2v) is 5.20. The van der Waals surface area contributed by atoms with E-state index in [4.69, 9.17) is 9.47 Å². The fraction of sp³-hybridized carbons (Fsp3) is 0.368. The molecule has 0 N–H and O–H groups in total. The third-order valence-corrected chi connectivity index (χ3v) is 3.81. The van der Waals surface area contributed by atoms with E-state index in [0.29, 0.717) is 13.2 Å². The summed E-state index contributed by atoms with van der Waals surface area (Å²) in [6.45, 7) is 9.59. The molecule has 2 aromatic rings. The summed E-state index contributed by atoms with van der Waals surface area (Å²) in [6.07, 6.45) is 1.07. The van der Waals surface area contributed by atoms with Gasteiger partial charge < -0.3 is 9.47 Å². The van der Waals surface area contributed by atoms with Crippen LogP contribution in [0.2, 0.25) is 0 Å². The number of rotatable bonds is 6. The second kappa shape index (κ2) is 7.16. The van der Waals surface area contributed by atoms with Gasteiger partial charge >= 0.3 is 0 Å². The maximum Gasteiger partial charge on any atom is 0.123 e. The highest BCUT2D eigenvalue weighted by molar-refractivity contribution is 5.47. The Balaban J connectivity index is 2.07. The molecule has 2 heteroatoms. The van der Waals surface area contributed by atoms with Gasteiger partial charge in [0, 0.05) is 0 Å². The summed E-state index contributed by atoms with van der Waals surface area (Å²) in [5, 5.41) is 0. The van der Waals surface area contributed by atoms with Crippen molar-refractivity contribution in [2.24, 2.45) is 0 Å². The molecule has 0 unspecified atom stereocenters. The van der Waals surface area contributed by atoms with E-state index in [1.54, 1.807) is 0 Å². The Hall–Kier alpha value is -1.96. The first-order valence-electron chi connectivity index (χ1n) is 7.59. The molecule has 0 spiro atoms. The van der Waals surface area contributed by atoms with Crippen molar-refractivity contribution in [3.8, 4) is 11.5 Å². The topological polar surface area (TPSA) is 18.5 Å². The van der Waals surface area contributed by atoms with Crippen molar-refractivity contribution in [3.63, 3.8) is 0 Å². The first kappa shape index (κ1) is 15.4. The second-order valence-electron chi connectivity index (χ2n) is 5.20. The summed E-state index contributed by atoms with van der Waals surface area (Å²) in [4.78, 5) is 0. The van der Waals surface area contributed by atoms with Gasteiger partial charge in [-0.3, -0.25) is 0 Å². The Labute approximate surface area is 127 Å². The van der Waals surface area contributed by atoms with Crippen LogP contribution in [0.1, 0.15) is 36.1 Å². The lowest BCUT2D eigenvalue weighted by atomic mass is 10.1. The standard InChI is InChI=1S/C19H24O2/c1-5-16-7-9-17(10-8-16)13-21-19-12-11-18(20-6-2)14(3)15(19)4/h7-12H,5-6,13H2,1-4H3. The Morgan fingerprint density at radius 1 is 0.714 bits per heavy atom. The van der Waals surface area contributed by atoms with Gasteiger partial charge in [-0.05, 0) is 61.6 Å². The monoisotopic (exact) mass is 284 g/mol. The molecule has 21 heavy (non-hydrogen) atoms. The minimum atomic E-state index is 0.595. The summed E-state index contributed by atoms with van der Waals surface area (Å²) in [6, 6.07) is 12.6. The number of hydrogen-bond acceptors (Lipinski definition) is 2. The van der Waals surface area contributed by atoms with E-state index in [2.05, 4.69) is 45.0 Å². The number of hydrogen-bond donors (Lipinski definition) is 0. The van der Waals surface area contributed by atoms with Crippen molar-refractivity contribution in [1.29, 1.82) is 0 Å². The highest BCUT2D eigenvalue weighted by Crippen LogP contribution is 2.29. The van der Waals surface area contributed by atoms with Crippen LogP contribution in [0.5, 0.6) is 11.5 Å². The fourth-order valence-corrected chi connectivity index (χ4v) is 2.27. The molecule has 0 aliphatic rings. The lowest BCUT2D eigenvalue weighted by molar-refractivity contribution is 0.301. The predicted octanol–water partition coefficient (Wildman–Crippen LogP) is 4.84. The van der Waals surface area contributed by atoms with Crippen molar-refractivity contribution in [2.75, 3.05) is 6.61 Å². The van der Waals surface area contributed by atoms with E-state index in [9.17, 15) is 0 Å². The zero-order valence-corrected chi connectivity index (χ0v) is 13.4. The van der Waals surface area contributed by atoms with Crippen LogP contribution < -0.4 is 9.47 Å². The van der Waals surface area contributed by atoms with Crippen LogP contribution in [-0.4, -0.2) is 6.61 Å². The van der Waals surface area contributed by atoms with Gasteiger partial charge in [-0.15, -0.1) is 0 Å². The van der Waals surface area contributed by atoms with Gasteiger partial charge in [-0.25, -0.2) is 0 Å². The maximum absolute atomic E-state index is 5.95. The van der Waals surface area contributed by atoms with E-state index >= 15 is 0 Å². The van der Waals surface area contributed by atoms with Crippen LogP contribution in [0.3, 0.4) is 0 Å². The highest BCUT2D eigenvalue weighted by Gasteiger charge is 2.08. The molecule has 0 amide bonds. The molecule has 0 saturated heterocycles. The van der Waals surface area contributed by atoms with Gasteiger partial charge in [0.15, 0.2) is 0 Å². The van der Waals surface area contributed by atoms with Crippen molar-refractivity contribution in [3.05, 3.63) is 58.7 Å². The summed E-state index contributed by atoms with van der Waals surface area (Å²) < 4.78 is 11.6. The van der Waals surface area contributed by atoms with E-state index in [1.165, 1.54) is 11.1 Å². The van der Waals surface area contributed by atoms with Crippen molar-refractivity contribution in [1.82, 2.24) is 0 Å². The zero-order chi connectivity index (χ0) is 15.2. The van der Waals surface area contributed by atoms with Crippen LogP contribution in [0.15, 0.2) is 36.4 Å². The predicted molar refractivity (Wildman–Crippen MR) is 87.2 cm³/mol. The van der Waals surface area contributed by atoms with Gasteiger partial charge in [0.05, 0.1) is 6.61 Å². The van der Waals surface area contributed by atoms with Gasteiger partial charge in [-0.1, -0.05) is 31.2 Å². The van der Waals surface area contributed by atoms with Crippen LogP contribution in [0, 0.1) is 13.8 Å². The van der Waals surface area contributed by atoms with Gasteiger partial charge in [0.25, 0.3) is 0 Å². The Morgan fingerprint density at radius 2 is 1.24 bits per heavy atom. The molecule has 0 aliphatic carbocycles. The summed E-state index contributed by atoms with van der Waals surface area (Å²) in [5.41, 5.74) is 4.84. The number of benzene rings is 2. The lowest BCUT2D eigenvalue weighted by Crippen LogP contribution is -2.00. The zero-order valence-electron chi connectivity index (χ0n) is 13.4. The largest absolute Gasteiger partial charge is 0.494 e. The summed E-state index contributed by atoms with van der Waals surface area (Å²) in [7, 11) is 0. The van der Waals surface area contributed by atoms with Gasteiger partial charge in [0.2, 0.25) is 0 Å². The molecular weight excluding hydrogens is 260 g/mol. The van der Waals surface area contributed by atoms with E-state index < -0.39 is 0 Å². The maximum atomic E-state index is 5.95. The lowest BCUT2D eigenvalue weighted by Gasteiger charge is -2.14. The highest BCUT2D eigenvalue weighted by atomic mass is 16.5.